The van der Waals surface area contributed by atoms with E-state index in [9.17, 15) is 0 Å². The normalized spacial score (nSPS) is 10.8. The van der Waals surface area contributed by atoms with Crippen LogP contribution in [0.15, 0.2) is 60.7 Å². The summed E-state index contributed by atoms with van der Waals surface area (Å²) in [5.74, 6) is 0. The number of aromatic nitrogens is 2. The molecule has 0 N–H and O–H groups in total. The lowest BCUT2D eigenvalue weighted by Gasteiger charge is -2.13. The van der Waals surface area contributed by atoms with Crippen molar-refractivity contribution < 1.29 is 17.0 Å². The van der Waals surface area contributed by atoms with E-state index in [-0.39, 0.29) is 12.4 Å². The fraction of sp³-hybridized carbons (Fsp3) is 0.143. The molecule has 3 aromatic carbocycles. The number of para-hydroxylation sites is 1. The van der Waals surface area contributed by atoms with Crippen LogP contribution >= 0.6 is 11.6 Å². The minimum absolute atomic E-state index is 0. The number of fused-ring (bicyclic) bond motifs is 2. The Kier molecular flexibility index (Phi) is 5.03. The Hall–Kier alpha value is -2.36. The van der Waals surface area contributed by atoms with Crippen molar-refractivity contribution in [2.24, 2.45) is 0 Å². The van der Waals surface area contributed by atoms with Crippen LogP contribution in [-0.4, -0.2) is 19.1 Å². The summed E-state index contributed by atoms with van der Waals surface area (Å²) in [6, 6.07) is 20.7. The van der Waals surface area contributed by atoms with Crippen LogP contribution in [0.5, 0.6) is 0 Å². The van der Waals surface area contributed by atoms with E-state index in [0.29, 0.717) is 0 Å². The molecular weight excluding hydrogens is 365 g/mol. The van der Waals surface area contributed by atoms with Gasteiger partial charge in [0.25, 0.3) is 0 Å². The predicted molar refractivity (Wildman–Crippen MR) is 105 cm³/mol. The maximum absolute atomic E-state index is 6.43. The third-order valence-electron chi connectivity index (χ3n) is 4.47. The third-order valence-corrected chi connectivity index (χ3v) is 4.88. The highest BCUT2D eigenvalue weighted by Crippen LogP contribution is 2.25. The first-order valence-electron chi connectivity index (χ1n) is 8.23. The summed E-state index contributed by atoms with van der Waals surface area (Å²) >= 11 is 6.43. The number of nitrogens with zero attached hydrogens (tertiary/aromatic N) is 3. The molecule has 0 radical (unpaired) electrons. The van der Waals surface area contributed by atoms with E-state index in [1.54, 1.807) is 0 Å². The summed E-state index contributed by atoms with van der Waals surface area (Å²) in [5, 5.41) is 0.752. The van der Waals surface area contributed by atoms with E-state index in [0.717, 1.165) is 44.0 Å². The second-order valence-electron chi connectivity index (χ2n) is 6.44. The van der Waals surface area contributed by atoms with Gasteiger partial charge in [0, 0.05) is 44.0 Å². The second kappa shape index (κ2) is 7.10. The Morgan fingerprint density at radius 1 is 0.885 bits per heavy atom. The molecule has 0 unspecified atom stereocenters. The topological polar surface area (TPSA) is 20.0 Å². The number of hydrogen-bond donors (Lipinski definition) is 0. The molecule has 0 saturated heterocycles. The molecule has 0 fully saturated rings. The molecule has 5 heteroatoms. The predicted octanol–water partition coefficient (Wildman–Crippen LogP) is 1.70. The lowest BCUT2D eigenvalue weighted by atomic mass is 10.1. The maximum atomic E-state index is 6.43. The zero-order valence-electron chi connectivity index (χ0n) is 14.9. The summed E-state index contributed by atoms with van der Waals surface area (Å²) in [6.45, 7) is 2.01. The van der Waals surface area contributed by atoms with Gasteiger partial charge in [-0.2, -0.15) is 0 Å². The molecule has 0 aliphatic carbocycles. The minimum atomic E-state index is 0. The van der Waals surface area contributed by atoms with Crippen LogP contribution in [0.4, 0.5) is 5.69 Å². The van der Waals surface area contributed by atoms with Gasteiger partial charge in [0.1, 0.15) is 11.0 Å². The SMILES string of the molecule is Cc1cc2nc3ccc(N(C)C)cc3[n+](-c3ccccc3)c2cc1Cl.[Cl-]. The largest absolute Gasteiger partial charge is 1.00 e. The van der Waals surface area contributed by atoms with Crippen molar-refractivity contribution in [2.45, 2.75) is 6.92 Å². The van der Waals surface area contributed by atoms with E-state index >= 15 is 0 Å². The molecule has 0 bridgehead atoms. The fourth-order valence-corrected chi connectivity index (χ4v) is 3.26. The Balaban J connectivity index is 0.00000196. The molecule has 4 aromatic rings. The smallest absolute Gasteiger partial charge is 0.239 e. The van der Waals surface area contributed by atoms with Crippen LogP contribution in [0.3, 0.4) is 0 Å². The van der Waals surface area contributed by atoms with Gasteiger partial charge in [-0.3, -0.25) is 0 Å². The van der Waals surface area contributed by atoms with Crippen LogP contribution in [0.2, 0.25) is 5.02 Å². The number of rotatable bonds is 2. The lowest BCUT2D eigenvalue weighted by molar-refractivity contribution is -0.538. The molecule has 0 aliphatic heterocycles. The summed E-state index contributed by atoms with van der Waals surface area (Å²) < 4.78 is 2.23. The zero-order chi connectivity index (χ0) is 17.6. The van der Waals surface area contributed by atoms with Crippen LogP contribution in [0, 0.1) is 6.92 Å². The molecule has 132 valence electrons. The Bertz CT molecular complexity index is 1090. The van der Waals surface area contributed by atoms with E-state index in [1.165, 1.54) is 0 Å². The first-order chi connectivity index (χ1) is 12.0. The average molecular weight is 384 g/mol. The van der Waals surface area contributed by atoms with Gasteiger partial charge in [0.15, 0.2) is 0 Å². The van der Waals surface area contributed by atoms with Gasteiger partial charge in [0.2, 0.25) is 16.7 Å². The standard InChI is InChI=1S/C21H19ClN3.ClH/c1-14-11-19-21(13-17(14)22)25(15-7-5-4-6-8-15)20-12-16(24(2)3)9-10-18(20)23-19;/h4-13H,1-3H3;1H/q+1;/p-1. The fourth-order valence-electron chi connectivity index (χ4n) is 3.10. The van der Waals surface area contributed by atoms with Crippen LogP contribution in [0.1, 0.15) is 5.56 Å². The molecule has 1 heterocycles. The minimum Gasteiger partial charge on any atom is -1.00 e. The van der Waals surface area contributed by atoms with Gasteiger partial charge >= 0.3 is 0 Å². The Morgan fingerprint density at radius 3 is 2.27 bits per heavy atom. The van der Waals surface area contributed by atoms with Crippen LogP contribution in [-0.2, 0) is 0 Å². The van der Waals surface area contributed by atoms with Crippen molar-refractivity contribution in [1.82, 2.24) is 4.98 Å². The molecule has 0 atom stereocenters. The van der Waals surface area contributed by atoms with Gasteiger partial charge in [-0.15, -0.1) is 4.57 Å². The molecule has 3 nitrogen and oxygen atoms in total. The van der Waals surface area contributed by atoms with Crippen molar-refractivity contribution in [3.8, 4) is 5.69 Å². The van der Waals surface area contributed by atoms with Gasteiger partial charge in [-0.1, -0.05) is 29.8 Å². The number of benzene rings is 3. The van der Waals surface area contributed by atoms with Crippen molar-refractivity contribution in [1.29, 1.82) is 0 Å². The highest BCUT2D eigenvalue weighted by Gasteiger charge is 2.21. The van der Waals surface area contributed by atoms with Crippen molar-refractivity contribution in [3.63, 3.8) is 0 Å². The van der Waals surface area contributed by atoms with Crippen LogP contribution < -0.4 is 21.9 Å². The molecule has 26 heavy (non-hydrogen) atoms. The van der Waals surface area contributed by atoms with Crippen molar-refractivity contribution >= 4 is 39.4 Å². The highest BCUT2D eigenvalue weighted by atomic mass is 35.5. The summed E-state index contributed by atoms with van der Waals surface area (Å²) in [6.07, 6.45) is 0. The van der Waals surface area contributed by atoms with E-state index < -0.39 is 0 Å². The van der Waals surface area contributed by atoms with Crippen molar-refractivity contribution in [3.05, 3.63) is 71.2 Å². The molecular formula is C21H19Cl2N3. The quantitative estimate of drug-likeness (QED) is 0.387. The molecule has 0 spiro atoms. The first kappa shape index (κ1) is 18.4. The van der Waals surface area contributed by atoms with E-state index in [2.05, 4.69) is 45.9 Å². The average Bonchev–Trinajstić information content (AvgIpc) is 2.61. The summed E-state index contributed by atoms with van der Waals surface area (Å²) in [5.41, 5.74) is 7.23. The molecule has 4 rings (SSSR count). The molecule has 0 saturated carbocycles. The monoisotopic (exact) mass is 383 g/mol. The second-order valence-corrected chi connectivity index (χ2v) is 6.85. The summed E-state index contributed by atoms with van der Waals surface area (Å²) in [4.78, 5) is 6.97. The zero-order valence-corrected chi connectivity index (χ0v) is 16.4. The summed E-state index contributed by atoms with van der Waals surface area (Å²) in [7, 11) is 4.09. The first-order valence-corrected chi connectivity index (χ1v) is 8.61. The number of anilines is 1. The lowest BCUT2D eigenvalue weighted by Crippen LogP contribution is -3.00. The number of hydrogen-bond acceptors (Lipinski definition) is 2. The number of halogens is 2. The third kappa shape index (κ3) is 3.09. The molecule has 1 aromatic heterocycles. The van der Waals surface area contributed by atoms with Gasteiger partial charge in [0.05, 0.1) is 5.02 Å². The molecule has 0 amide bonds. The Labute approximate surface area is 164 Å². The van der Waals surface area contributed by atoms with E-state index in [4.69, 9.17) is 16.6 Å². The van der Waals surface area contributed by atoms with Crippen molar-refractivity contribution in [2.75, 3.05) is 19.0 Å². The maximum Gasteiger partial charge on any atom is 0.239 e. The van der Waals surface area contributed by atoms with E-state index in [1.807, 2.05) is 45.3 Å². The van der Waals surface area contributed by atoms with Gasteiger partial charge in [-0.05, 0) is 30.7 Å². The molecule has 0 aliphatic rings. The van der Waals surface area contributed by atoms with Crippen LogP contribution in [0.25, 0.3) is 27.8 Å². The highest BCUT2D eigenvalue weighted by molar-refractivity contribution is 6.32. The van der Waals surface area contributed by atoms with Gasteiger partial charge in [-0.25, -0.2) is 4.98 Å². The number of aryl methyl sites for hydroxylation is 1. The van der Waals surface area contributed by atoms with Gasteiger partial charge < -0.3 is 17.3 Å². The Morgan fingerprint density at radius 2 is 1.58 bits per heavy atom.